The summed E-state index contributed by atoms with van der Waals surface area (Å²) in [7, 11) is 0. The van der Waals surface area contributed by atoms with Gasteiger partial charge in [0.15, 0.2) is 0 Å². The SMILES string of the molecule is CC(C)COC[C@H](C)NC(=O)OC(C)(C)C. The highest BCUT2D eigenvalue weighted by molar-refractivity contribution is 5.68. The Hall–Kier alpha value is -0.770. The van der Waals surface area contributed by atoms with Crippen LogP contribution in [0.3, 0.4) is 0 Å². The summed E-state index contributed by atoms with van der Waals surface area (Å²) in [6.07, 6.45) is -0.395. The summed E-state index contributed by atoms with van der Waals surface area (Å²) < 4.78 is 10.5. The van der Waals surface area contributed by atoms with Gasteiger partial charge >= 0.3 is 6.09 Å². The number of amides is 1. The normalized spacial score (nSPS) is 13.7. The van der Waals surface area contributed by atoms with Gasteiger partial charge in [-0.2, -0.15) is 0 Å². The van der Waals surface area contributed by atoms with Gasteiger partial charge in [0.25, 0.3) is 0 Å². The fraction of sp³-hybridized carbons (Fsp3) is 0.917. The van der Waals surface area contributed by atoms with Crippen molar-refractivity contribution < 1.29 is 14.3 Å². The highest BCUT2D eigenvalue weighted by atomic mass is 16.6. The summed E-state index contributed by atoms with van der Waals surface area (Å²) in [6.45, 7) is 12.8. The molecule has 0 bridgehead atoms. The van der Waals surface area contributed by atoms with Crippen LogP contribution in [0.2, 0.25) is 0 Å². The van der Waals surface area contributed by atoms with Crippen molar-refractivity contribution in [2.24, 2.45) is 5.92 Å². The third-order valence-corrected chi connectivity index (χ3v) is 1.58. The van der Waals surface area contributed by atoms with E-state index in [1.807, 2.05) is 27.7 Å². The van der Waals surface area contributed by atoms with E-state index in [2.05, 4.69) is 19.2 Å². The van der Waals surface area contributed by atoms with Crippen LogP contribution in [0.15, 0.2) is 0 Å². The zero-order chi connectivity index (χ0) is 12.8. The first-order valence-corrected chi connectivity index (χ1v) is 5.78. The van der Waals surface area contributed by atoms with E-state index in [4.69, 9.17) is 9.47 Å². The van der Waals surface area contributed by atoms with Gasteiger partial charge in [0.05, 0.1) is 12.6 Å². The Morgan fingerprint density at radius 3 is 2.19 bits per heavy atom. The van der Waals surface area contributed by atoms with Crippen molar-refractivity contribution in [1.29, 1.82) is 0 Å². The summed E-state index contributed by atoms with van der Waals surface area (Å²) in [5, 5.41) is 2.72. The number of hydrogen-bond donors (Lipinski definition) is 1. The van der Waals surface area contributed by atoms with Gasteiger partial charge in [0, 0.05) is 6.61 Å². The van der Waals surface area contributed by atoms with Crippen molar-refractivity contribution in [3.8, 4) is 0 Å². The first-order valence-electron chi connectivity index (χ1n) is 5.78. The van der Waals surface area contributed by atoms with Crippen LogP contribution in [0.25, 0.3) is 0 Å². The van der Waals surface area contributed by atoms with Gasteiger partial charge in [-0.05, 0) is 33.6 Å². The van der Waals surface area contributed by atoms with Crippen molar-refractivity contribution >= 4 is 6.09 Å². The van der Waals surface area contributed by atoms with Gasteiger partial charge in [0.1, 0.15) is 5.60 Å². The predicted octanol–water partition coefficient (Wildman–Crippen LogP) is 2.57. The third kappa shape index (κ3) is 9.77. The van der Waals surface area contributed by atoms with Crippen molar-refractivity contribution in [3.05, 3.63) is 0 Å². The Morgan fingerprint density at radius 1 is 1.19 bits per heavy atom. The molecule has 4 nitrogen and oxygen atoms in total. The number of nitrogens with one attached hydrogen (secondary N) is 1. The summed E-state index contributed by atoms with van der Waals surface area (Å²) in [6, 6.07) is -0.0337. The summed E-state index contributed by atoms with van der Waals surface area (Å²) in [5.41, 5.74) is -0.456. The van der Waals surface area contributed by atoms with Gasteiger partial charge in [0.2, 0.25) is 0 Å². The highest BCUT2D eigenvalue weighted by Gasteiger charge is 2.17. The molecule has 0 aliphatic heterocycles. The first-order chi connectivity index (χ1) is 7.20. The molecule has 0 aromatic heterocycles. The minimum atomic E-state index is -0.456. The maximum absolute atomic E-state index is 11.4. The second-order valence-electron chi connectivity index (χ2n) is 5.48. The number of carbonyl (C=O) groups excluding carboxylic acids is 1. The molecule has 16 heavy (non-hydrogen) atoms. The number of carbonyl (C=O) groups is 1. The number of alkyl carbamates (subject to hydrolysis) is 1. The summed E-state index contributed by atoms with van der Waals surface area (Å²) in [5.74, 6) is 0.508. The van der Waals surface area contributed by atoms with E-state index in [9.17, 15) is 4.79 Å². The Morgan fingerprint density at radius 2 is 1.75 bits per heavy atom. The van der Waals surface area contributed by atoms with Crippen molar-refractivity contribution in [1.82, 2.24) is 5.32 Å². The lowest BCUT2D eigenvalue weighted by Gasteiger charge is -2.22. The Kier molecular flexibility index (Phi) is 6.41. The molecule has 0 unspecified atom stereocenters. The summed E-state index contributed by atoms with van der Waals surface area (Å²) in [4.78, 5) is 11.4. The van der Waals surface area contributed by atoms with Gasteiger partial charge in [-0.25, -0.2) is 4.79 Å². The van der Waals surface area contributed by atoms with Crippen molar-refractivity contribution in [2.75, 3.05) is 13.2 Å². The van der Waals surface area contributed by atoms with Gasteiger partial charge in [-0.1, -0.05) is 13.8 Å². The van der Waals surface area contributed by atoms with E-state index >= 15 is 0 Å². The average Bonchev–Trinajstić information content (AvgIpc) is 1.98. The fourth-order valence-corrected chi connectivity index (χ4v) is 1.03. The lowest BCUT2D eigenvalue weighted by atomic mass is 10.2. The van der Waals surface area contributed by atoms with E-state index in [0.717, 1.165) is 0 Å². The van der Waals surface area contributed by atoms with Gasteiger partial charge < -0.3 is 14.8 Å². The molecule has 0 radical (unpaired) electrons. The second-order valence-corrected chi connectivity index (χ2v) is 5.48. The van der Waals surface area contributed by atoms with E-state index in [-0.39, 0.29) is 6.04 Å². The average molecular weight is 231 g/mol. The highest BCUT2D eigenvalue weighted by Crippen LogP contribution is 2.06. The zero-order valence-electron chi connectivity index (χ0n) is 11.3. The lowest BCUT2D eigenvalue weighted by Crippen LogP contribution is -2.40. The molecular formula is C12H25NO3. The van der Waals surface area contributed by atoms with E-state index < -0.39 is 11.7 Å². The molecule has 0 spiro atoms. The van der Waals surface area contributed by atoms with Crippen molar-refractivity contribution in [3.63, 3.8) is 0 Å². The van der Waals surface area contributed by atoms with Crippen LogP contribution in [0.4, 0.5) is 4.79 Å². The zero-order valence-corrected chi connectivity index (χ0v) is 11.3. The summed E-state index contributed by atoms with van der Waals surface area (Å²) >= 11 is 0. The van der Waals surface area contributed by atoms with Crippen molar-refractivity contribution in [2.45, 2.75) is 53.2 Å². The molecule has 1 N–H and O–H groups in total. The molecule has 0 aromatic rings. The number of ether oxygens (including phenoxy) is 2. The van der Waals surface area contributed by atoms with Crippen LogP contribution >= 0.6 is 0 Å². The molecule has 0 saturated carbocycles. The molecule has 0 aromatic carbocycles. The van der Waals surface area contributed by atoms with E-state index in [0.29, 0.717) is 19.1 Å². The lowest BCUT2D eigenvalue weighted by molar-refractivity contribution is 0.0436. The predicted molar refractivity (Wildman–Crippen MR) is 64.5 cm³/mol. The standard InChI is InChI=1S/C12H25NO3/c1-9(2)7-15-8-10(3)13-11(14)16-12(4,5)6/h9-10H,7-8H2,1-6H3,(H,13,14)/t10-/m0/s1. The maximum Gasteiger partial charge on any atom is 0.407 e. The number of rotatable bonds is 5. The minimum Gasteiger partial charge on any atom is -0.444 e. The van der Waals surface area contributed by atoms with Crippen LogP contribution in [0, 0.1) is 5.92 Å². The Labute approximate surface area is 98.7 Å². The first kappa shape index (κ1) is 15.2. The molecule has 0 fully saturated rings. The van der Waals surface area contributed by atoms with Crippen LogP contribution in [-0.4, -0.2) is 30.9 Å². The largest absolute Gasteiger partial charge is 0.444 e. The van der Waals surface area contributed by atoms with Crippen LogP contribution in [0.1, 0.15) is 41.5 Å². The molecule has 0 saturated heterocycles. The van der Waals surface area contributed by atoms with Crippen LogP contribution < -0.4 is 5.32 Å². The molecule has 0 rings (SSSR count). The number of hydrogen-bond acceptors (Lipinski definition) is 3. The monoisotopic (exact) mass is 231 g/mol. The molecule has 96 valence electrons. The molecular weight excluding hydrogens is 206 g/mol. The fourth-order valence-electron chi connectivity index (χ4n) is 1.03. The second kappa shape index (κ2) is 6.74. The molecule has 0 aliphatic carbocycles. The Bertz CT molecular complexity index is 209. The van der Waals surface area contributed by atoms with Crippen LogP contribution in [-0.2, 0) is 9.47 Å². The molecule has 1 atom stereocenters. The minimum absolute atomic E-state index is 0.0337. The van der Waals surface area contributed by atoms with Crippen LogP contribution in [0.5, 0.6) is 0 Å². The van der Waals surface area contributed by atoms with Gasteiger partial charge in [-0.3, -0.25) is 0 Å². The molecule has 0 heterocycles. The third-order valence-electron chi connectivity index (χ3n) is 1.58. The molecule has 1 amide bonds. The van der Waals surface area contributed by atoms with E-state index in [1.54, 1.807) is 0 Å². The topological polar surface area (TPSA) is 47.6 Å². The van der Waals surface area contributed by atoms with Gasteiger partial charge in [-0.15, -0.1) is 0 Å². The quantitative estimate of drug-likeness (QED) is 0.791. The Balaban J connectivity index is 3.70. The smallest absolute Gasteiger partial charge is 0.407 e. The molecule has 4 heteroatoms. The molecule has 0 aliphatic rings. The maximum atomic E-state index is 11.4. The van der Waals surface area contributed by atoms with E-state index in [1.165, 1.54) is 0 Å².